The molecule has 5 aliphatic carbocycles. The van der Waals surface area contributed by atoms with E-state index >= 15 is 0 Å². The quantitative estimate of drug-likeness (QED) is 0.466. The van der Waals surface area contributed by atoms with Crippen molar-refractivity contribution in [2.75, 3.05) is 0 Å². The summed E-state index contributed by atoms with van der Waals surface area (Å²) in [4.78, 5) is 24.8. The van der Waals surface area contributed by atoms with Gasteiger partial charge < -0.3 is 10.2 Å². The molecule has 3 fully saturated rings. The first-order valence-corrected chi connectivity index (χ1v) is 12.6. The van der Waals surface area contributed by atoms with Crippen molar-refractivity contribution in [1.82, 2.24) is 0 Å². The summed E-state index contributed by atoms with van der Waals surface area (Å²) in [6.45, 7) is 13.3. The number of hydrogen-bond donors (Lipinski definition) is 2. The van der Waals surface area contributed by atoms with Crippen molar-refractivity contribution in [2.24, 2.45) is 33.0 Å². The van der Waals surface area contributed by atoms with Gasteiger partial charge in [-0.05, 0) is 98.2 Å². The second-order valence-electron chi connectivity index (χ2n) is 12.9. The second kappa shape index (κ2) is 6.52. The maximum absolute atomic E-state index is 12.6. The van der Waals surface area contributed by atoms with Crippen LogP contribution in [0, 0.1) is 33.0 Å². The minimum absolute atomic E-state index is 0.0000746. The zero-order valence-corrected chi connectivity index (χ0v) is 21.0. The third-order valence-corrected chi connectivity index (χ3v) is 11.4. The fourth-order valence-corrected chi connectivity index (χ4v) is 8.65. The molecule has 3 saturated carbocycles. The molecule has 0 saturated heterocycles. The Hall–Kier alpha value is -2.10. The van der Waals surface area contributed by atoms with E-state index in [0.717, 1.165) is 56.1 Å². The van der Waals surface area contributed by atoms with Crippen molar-refractivity contribution < 1.29 is 19.8 Å². The predicted molar refractivity (Wildman–Crippen MR) is 129 cm³/mol. The van der Waals surface area contributed by atoms with Crippen LogP contribution in [0.3, 0.4) is 0 Å². The van der Waals surface area contributed by atoms with E-state index in [0.29, 0.717) is 11.5 Å². The van der Waals surface area contributed by atoms with Crippen molar-refractivity contribution >= 4 is 11.8 Å². The molecule has 0 radical (unpaired) electrons. The monoisotopic (exact) mass is 450 g/mol. The van der Waals surface area contributed by atoms with Crippen LogP contribution < -0.4 is 0 Å². The molecule has 0 spiro atoms. The first-order chi connectivity index (χ1) is 15.2. The van der Waals surface area contributed by atoms with Gasteiger partial charge in [0.1, 0.15) is 0 Å². The summed E-state index contributed by atoms with van der Waals surface area (Å²) in [6.07, 6.45) is 12.7. The third kappa shape index (κ3) is 2.64. The summed E-state index contributed by atoms with van der Waals surface area (Å²) in [6, 6.07) is 0. The van der Waals surface area contributed by atoms with Gasteiger partial charge in [0.2, 0.25) is 5.78 Å². The number of aliphatic hydroxyl groups is 1. The molecule has 0 amide bonds. The Morgan fingerprint density at radius 1 is 0.970 bits per heavy atom. The van der Waals surface area contributed by atoms with E-state index in [1.807, 2.05) is 13.8 Å². The lowest BCUT2D eigenvalue weighted by Crippen LogP contribution is -2.62. The molecule has 0 aromatic heterocycles. The van der Waals surface area contributed by atoms with Gasteiger partial charge in [-0.2, -0.15) is 0 Å². The molecule has 5 aliphatic rings. The standard InChI is InChI=1S/C29H38O4/c1-17-18-7-8-21-27(4,19(18)15-20(30)23(17)31)12-14-29(6)22-16-26(3,24(32)33)10-9-25(22,2)11-13-28(21,29)5/h7-8,15,22,31H,9-14,16H2,1-6H3,(H,32,33)/t22-,25+,26-,27-,28+,29-/m1/s1. The summed E-state index contributed by atoms with van der Waals surface area (Å²) in [5.74, 6) is -0.734. The first kappa shape index (κ1) is 22.7. The van der Waals surface area contributed by atoms with Gasteiger partial charge in [0, 0.05) is 11.0 Å². The molecule has 0 aromatic rings. The molecule has 5 rings (SSSR count). The van der Waals surface area contributed by atoms with Gasteiger partial charge in [-0.1, -0.05) is 45.4 Å². The minimum atomic E-state index is -0.655. The summed E-state index contributed by atoms with van der Waals surface area (Å²) >= 11 is 0. The number of carbonyl (C=O) groups excluding carboxylic acids is 1. The third-order valence-electron chi connectivity index (χ3n) is 11.4. The van der Waals surface area contributed by atoms with Crippen LogP contribution in [-0.2, 0) is 9.59 Å². The molecule has 4 heteroatoms. The Morgan fingerprint density at radius 3 is 2.30 bits per heavy atom. The van der Waals surface area contributed by atoms with Crippen molar-refractivity contribution in [2.45, 2.75) is 86.5 Å². The number of carboxylic acid groups (broad SMARTS) is 1. The Balaban J connectivity index is 1.64. The Kier molecular flexibility index (Phi) is 4.48. The average molecular weight is 451 g/mol. The molecule has 0 aliphatic heterocycles. The van der Waals surface area contributed by atoms with Crippen LogP contribution >= 0.6 is 0 Å². The zero-order chi connectivity index (χ0) is 24.2. The number of ketones is 1. The molecule has 0 bridgehead atoms. The highest BCUT2D eigenvalue weighted by molar-refractivity contribution is 6.06. The van der Waals surface area contributed by atoms with Gasteiger partial charge in [0.05, 0.1) is 5.41 Å². The van der Waals surface area contributed by atoms with E-state index in [4.69, 9.17) is 0 Å². The lowest BCUT2D eigenvalue weighted by Gasteiger charge is -2.70. The van der Waals surface area contributed by atoms with Gasteiger partial charge >= 0.3 is 5.97 Å². The normalized spacial score (nSPS) is 46.8. The zero-order valence-electron chi connectivity index (χ0n) is 21.0. The van der Waals surface area contributed by atoms with Crippen LogP contribution in [0.2, 0.25) is 0 Å². The van der Waals surface area contributed by atoms with Crippen LogP contribution in [-0.4, -0.2) is 22.0 Å². The fourth-order valence-electron chi connectivity index (χ4n) is 8.65. The topological polar surface area (TPSA) is 74.6 Å². The largest absolute Gasteiger partial charge is 0.504 e. The van der Waals surface area contributed by atoms with Crippen LogP contribution in [0.15, 0.2) is 46.3 Å². The van der Waals surface area contributed by atoms with E-state index in [1.165, 1.54) is 5.57 Å². The number of fused-ring (bicyclic) bond motifs is 7. The van der Waals surface area contributed by atoms with Crippen molar-refractivity contribution in [3.8, 4) is 0 Å². The van der Waals surface area contributed by atoms with Gasteiger partial charge in [-0.15, -0.1) is 0 Å². The molecule has 0 heterocycles. The number of hydrogen-bond acceptors (Lipinski definition) is 3. The first-order valence-electron chi connectivity index (χ1n) is 12.6. The number of aliphatic carboxylic acids is 1. The highest BCUT2D eigenvalue weighted by Gasteiger charge is 2.67. The number of allylic oxidation sites excluding steroid dienone is 7. The molecule has 6 atom stereocenters. The smallest absolute Gasteiger partial charge is 0.309 e. The summed E-state index contributed by atoms with van der Waals surface area (Å²) in [5, 5.41) is 20.3. The summed E-state index contributed by atoms with van der Waals surface area (Å²) in [5.41, 5.74) is 3.33. The SMILES string of the molecule is CC1=C(O)C(=O)C=C2C1=CC=C1[C@]2(C)CC[C@]2(C)[C@@H]3C[C@](C)(C(=O)O)CC[C@@]3(C)CC[C@@]12C. The minimum Gasteiger partial charge on any atom is -0.504 e. The second-order valence-corrected chi connectivity index (χ2v) is 12.9. The van der Waals surface area contributed by atoms with E-state index < -0.39 is 11.4 Å². The summed E-state index contributed by atoms with van der Waals surface area (Å²) in [7, 11) is 0. The maximum Gasteiger partial charge on any atom is 0.309 e. The van der Waals surface area contributed by atoms with Gasteiger partial charge in [0.15, 0.2) is 5.76 Å². The number of aliphatic hydroxyl groups excluding tert-OH is 1. The van der Waals surface area contributed by atoms with Crippen LogP contribution in [0.5, 0.6) is 0 Å². The van der Waals surface area contributed by atoms with Crippen LogP contribution in [0.4, 0.5) is 0 Å². The van der Waals surface area contributed by atoms with Crippen LogP contribution in [0.25, 0.3) is 0 Å². The number of carboxylic acids is 1. The molecule has 0 aromatic carbocycles. The molecular weight excluding hydrogens is 412 g/mol. The average Bonchev–Trinajstić information content (AvgIpc) is 2.75. The van der Waals surface area contributed by atoms with E-state index in [2.05, 4.69) is 39.8 Å². The maximum atomic E-state index is 12.6. The van der Waals surface area contributed by atoms with Gasteiger partial charge in [-0.25, -0.2) is 0 Å². The lowest BCUT2D eigenvalue weighted by atomic mass is 9.34. The number of carbonyl (C=O) groups is 2. The number of rotatable bonds is 1. The Morgan fingerprint density at radius 2 is 1.64 bits per heavy atom. The van der Waals surface area contributed by atoms with E-state index in [1.54, 1.807) is 6.08 Å². The highest BCUT2D eigenvalue weighted by Crippen LogP contribution is 2.75. The molecular formula is C29H38O4. The lowest BCUT2D eigenvalue weighted by molar-refractivity contribution is -0.178. The molecule has 0 unspecified atom stereocenters. The molecule has 2 N–H and O–H groups in total. The van der Waals surface area contributed by atoms with Crippen LogP contribution in [0.1, 0.15) is 86.5 Å². The Labute approximate surface area is 197 Å². The van der Waals surface area contributed by atoms with Crippen molar-refractivity contribution in [1.29, 1.82) is 0 Å². The molecule has 33 heavy (non-hydrogen) atoms. The molecule has 4 nitrogen and oxygen atoms in total. The van der Waals surface area contributed by atoms with Crippen molar-refractivity contribution in [3.63, 3.8) is 0 Å². The van der Waals surface area contributed by atoms with E-state index in [9.17, 15) is 19.8 Å². The van der Waals surface area contributed by atoms with Gasteiger partial charge in [0.25, 0.3) is 0 Å². The summed E-state index contributed by atoms with van der Waals surface area (Å²) < 4.78 is 0. The molecule has 178 valence electrons. The van der Waals surface area contributed by atoms with Crippen molar-refractivity contribution in [3.05, 3.63) is 46.3 Å². The van der Waals surface area contributed by atoms with Gasteiger partial charge in [-0.3, -0.25) is 9.59 Å². The fraction of sp³-hybridized carbons (Fsp3) is 0.655. The predicted octanol–water partition coefficient (Wildman–Crippen LogP) is 6.70. The highest BCUT2D eigenvalue weighted by atomic mass is 16.4. The van der Waals surface area contributed by atoms with E-state index in [-0.39, 0.29) is 33.2 Å². The Bertz CT molecular complexity index is 1100.